The van der Waals surface area contributed by atoms with Crippen molar-refractivity contribution in [1.82, 2.24) is 0 Å². The predicted molar refractivity (Wildman–Crippen MR) is 62.3 cm³/mol. The van der Waals surface area contributed by atoms with E-state index in [9.17, 15) is 0 Å². The molecule has 74 valence electrons. The maximum absolute atomic E-state index is 2.34. The first-order valence-electron chi connectivity index (χ1n) is 5.33. The van der Waals surface area contributed by atoms with Gasteiger partial charge in [0.05, 0.1) is 0 Å². The number of hydrogen-bond donors (Lipinski definition) is 0. The number of fused-ring (bicyclic) bond motifs is 1. The summed E-state index contributed by atoms with van der Waals surface area (Å²) in [5, 5.41) is 0. The minimum absolute atomic E-state index is 0.409. The van der Waals surface area contributed by atoms with Crippen LogP contribution in [0, 0.1) is 5.41 Å². The van der Waals surface area contributed by atoms with Gasteiger partial charge >= 0.3 is 0 Å². The third-order valence-corrected chi connectivity index (χ3v) is 2.74. The van der Waals surface area contributed by atoms with Gasteiger partial charge in [-0.05, 0) is 23.0 Å². The average Bonchev–Trinajstić information content (AvgIpc) is 2.47. The minimum atomic E-state index is 0.409. The Labute approximate surface area is 86.7 Å². The standard InChI is InChI=1S/C14H18/c1-14(2,3)10-12-9-8-11-6-4-5-7-13(11)12/h4-9,12H,10H2,1-3H3. The van der Waals surface area contributed by atoms with Crippen LogP contribution in [0.2, 0.25) is 0 Å². The zero-order chi connectivity index (χ0) is 10.2. The third kappa shape index (κ3) is 1.89. The van der Waals surface area contributed by atoms with Crippen LogP contribution in [0.15, 0.2) is 30.3 Å². The molecule has 0 heteroatoms. The molecule has 0 aromatic heterocycles. The molecule has 0 heterocycles. The fraction of sp³-hybridized carbons (Fsp3) is 0.429. The molecule has 0 saturated heterocycles. The first kappa shape index (κ1) is 9.51. The molecule has 14 heavy (non-hydrogen) atoms. The van der Waals surface area contributed by atoms with Crippen molar-refractivity contribution in [1.29, 1.82) is 0 Å². The van der Waals surface area contributed by atoms with Crippen LogP contribution in [-0.2, 0) is 0 Å². The van der Waals surface area contributed by atoms with Crippen LogP contribution in [0.3, 0.4) is 0 Å². The Morgan fingerprint density at radius 2 is 1.86 bits per heavy atom. The molecule has 2 rings (SSSR count). The van der Waals surface area contributed by atoms with E-state index in [0.717, 1.165) is 0 Å². The maximum atomic E-state index is 2.34. The molecule has 1 aliphatic carbocycles. The Morgan fingerprint density at radius 3 is 2.57 bits per heavy atom. The largest absolute Gasteiger partial charge is 0.0764 e. The summed E-state index contributed by atoms with van der Waals surface area (Å²) in [4.78, 5) is 0. The summed E-state index contributed by atoms with van der Waals surface area (Å²) in [6.45, 7) is 6.92. The number of benzene rings is 1. The average molecular weight is 186 g/mol. The molecule has 0 fully saturated rings. The quantitative estimate of drug-likeness (QED) is 0.615. The van der Waals surface area contributed by atoms with Crippen molar-refractivity contribution in [2.75, 3.05) is 0 Å². The van der Waals surface area contributed by atoms with E-state index in [0.29, 0.717) is 11.3 Å². The van der Waals surface area contributed by atoms with E-state index in [2.05, 4.69) is 57.2 Å². The number of allylic oxidation sites excluding steroid dienone is 1. The fourth-order valence-electron chi connectivity index (χ4n) is 2.16. The summed E-state index contributed by atoms with van der Waals surface area (Å²) >= 11 is 0. The smallest absolute Gasteiger partial charge is 0.00322 e. The maximum Gasteiger partial charge on any atom is 0.00322 e. The van der Waals surface area contributed by atoms with Gasteiger partial charge in [-0.15, -0.1) is 0 Å². The Bertz CT molecular complexity index is 353. The van der Waals surface area contributed by atoms with E-state index in [4.69, 9.17) is 0 Å². The van der Waals surface area contributed by atoms with Gasteiger partial charge in [-0.3, -0.25) is 0 Å². The van der Waals surface area contributed by atoms with Crippen LogP contribution < -0.4 is 0 Å². The number of rotatable bonds is 1. The SMILES string of the molecule is CC(C)(C)CC1C=Cc2ccccc21. The summed E-state index contributed by atoms with van der Waals surface area (Å²) in [7, 11) is 0. The lowest BCUT2D eigenvalue weighted by molar-refractivity contribution is 0.362. The van der Waals surface area contributed by atoms with Crippen molar-refractivity contribution in [3.05, 3.63) is 41.5 Å². The van der Waals surface area contributed by atoms with Crippen LogP contribution in [-0.4, -0.2) is 0 Å². The van der Waals surface area contributed by atoms with Crippen LogP contribution in [0.5, 0.6) is 0 Å². The van der Waals surface area contributed by atoms with E-state index in [1.807, 2.05) is 0 Å². The molecular formula is C14H18. The highest BCUT2D eigenvalue weighted by Gasteiger charge is 2.22. The molecule has 0 aliphatic heterocycles. The van der Waals surface area contributed by atoms with E-state index >= 15 is 0 Å². The van der Waals surface area contributed by atoms with Gasteiger partial charge in [0.15, 0.2) is 0 Å². The summed E-state index contributed by atoms with van der Waals surface area (Å²) in [6, 6.07) is 8.71. The van der Waals surface area contributed by atoms with Gasteiger partial charge in [0.25, 0.3) is 0 Å². The van der Waals surface area contributed by atoms with Gasteiger partial charge in [-0.1, -0.05) is 57.2 Å². The van der Waals surface area contributed by atoms with Gasteiger partial charge in [-0.2, -0.15) is 0 Å². The van der Waals surface area contributed by atoms with Crippen molar-refractivity contribution in [2.24, 2.45) is 5.41 Å². The molecule has 1 atom stereocenters. The second-order valence-corrected chi connectivity index (χ2v) is 5.36. The predicted octanol–water partition coefficient (Wildman–Crippen LogP) is 4.23. The molecule has 0 spiro atoms. The lowest BCUT2D eigenvalue weighted by atomic mass is 9.82. The first-order chi connectivity index (χ1) is 6.56. The lowest BCUT2D eigenvalue weighted by Gasteiger charge is -2.22. The molecular weight excluding hydrogens is 168 g/mol. The molecule has 0 radical (unpaired) electrons. The Hall–Kier alpha value is -1.04. The van der Waals surface area contributed by atoms with Crippen LogP contribution in [0.4, 0.5) is 0 Å². The molecule has 1 aliphatic rings. The summed E-state index contributed by atoms with van der Waals surface area (Å²) < 4.78 is 0. The van der Waals surface area contributed by atoms with Gasteiger partial charge < -0.3 is 0 Å². The van der Waals surface area contributed by atoms with Crippen molar-refractivity contribution in [3.8, 4) is 0 Å². The molecule has 0 N–H and O–H groups in total. The highest BCUT2D eigenvalue weighted by atomic mass is 14.3. The number of hydrogen-bond acceptors (Lipinski definition) is 0. The van der Waals surface area contributed by atoms with E-state index < -0.39 is 0 Å². The summed E-state index contributed by atoms with van der Waals surface area (Å²) in [5.74, 6) is 0.631. The molecule has 0 saturated carbocycles. The van der Waals surface area contributed by atoms with Crippen LogP contribution in [0.1, 0.15) is 44.2 Å². The van der Waals surface area contributed by atoms with Crippen molar-refractivity contribution < 1.29 is 0 Å². The van der Waals surface area contributed by atoms with Crippen LogP contribution in [0.25, 0.3) is 6.08 Å². The molecule has 1 unspecified atom stereocenters. The van der Waals surface area contributed by atoms with Gasteiger partial charge in [0.2, 0.25) is 0 Å². The van der Waals surface area contributed by atoms with E-state index in [-0.39, 0.29) is 0 Å². The fourth-order valence-corrected chi connectivity index (χ4v) is 2.16. The monoisotopic (exact) mass is 186 g/mol. The van der Waals surface area contributed by atoms with Crippen molar-refractivity contribution >= 4 is 6.08 Å². The van der Waals surface area contributed by atoms with E-state index in [1.54, 1.807) is 0 Å². The molecule has 1 aromatic carbocycles. The molecule has 0 bridgehead atoms. The summed E-state index contributed by atoms with van der Waals surface area (Å²) in [5.41, 5.74) is 3.32. The third-order valence-electron chi connectivity index (χ3n) is 2.74. The second kappa shape index (κ2) is 3.27. The topological polar surface area (TPSA) is 0 Å². The Morgan fingerprint density at radius 1 is 1.14 bits per heavy atom. The Balaban J connectivity index is 2.23. The molecule has 1 aromatic rings. The van der Waals surface area contributed by atoms with Gasteiger partial charge in [0, 0.05) is 5.92 Å². The van der Waals surface area contributed by atoms with Gasteiger partial charge in [0.1, 0.15) is 0 Å². The second-order valence-electron chi connectivity index (χ2n) is 5.36. The Kier molecular flexibility index (Phi) is 2.22. The normalized spacial score (nSPS) is 19.8. The zero-order valence-electron chi connectivity index (χ0n) is 9.25. The zero-order valence-corrected chi connectivity index (χ0v) is 9.25. The highest BCUT2D eigenvalue weighted by Crippen LogP contribution is 2.38. The highest BCUT2D eigenvalue weighted by molar-refractivity contribution is 5.62. The van der Waals surface area contributed by atoms with Gasteiger partial charge in [-0.25, -0.2) is 0 Å². The van der Waals surface area contributed by atoms with Crippen LogP contribution >= 0.6 is 0 Å². The minimum Gasteiger partial charge on any atom is -0.0764 e. The first-order valence-corrected chi connectivity index (χ1v) is 5.33. The van der Waals surface area contributed by atoms with Crippen molar-refractivity contribution in [2.45, 2.75) is 33.1 Å². The lowest BCUT2D eigenvalue weighted by Crippen LogP contribution is -2.09. The van der Waals surface area contributed by atoms with Crippen molar-refractivity contribution in [3.63, 3.8) is 0 Å². The molecule has 0 nitrogen and oxygen atoms in total. The van der Waals surface area contributed by atoms with E-state index in [1.165, 1.54) is 17.5 Å². The molecule has 0 amide bonds. The summed E-state index contributed by atoms with van der Waals surface area (Å²) in [6.07, 6.45) is 5.84.